The minimum absolute atomic E-state index is 0.569. The molecule has 0 saturated heterocycles. The maximum absolute atomic E-state index is 7.07. The van der Waals surface area contributed by atoms with E-state index in [1.807, 2.05) is 72.8 Å². The van der Waals surface area contributed by atoms with E-state index in [9.17, 15) is 0 Å². The highest BCUT2D eigenvalue weighted by molar-refractivity contribution is 6.20. The number of hydrogen-bond donors (Lipinski definition) is 0. The summed E-state index contributed by atoms with van der Waals surface area (Å²) in [6, 6.07) is 170. The van der Waals surface area contributed by atoms with Crippen molar-refractivity contribution in [3.05, 3.63) is 485 Å². The average molecular weight is 1740 g/mol. The molecule has 6 aromatic heterocycles. The lowest BCUT2D eigenvalue weighted by molar-refractivity contribution is 0.669. The third-order valence-electron chi connectivity index (χ3n) is 26.1. The van der Waals surface area contributed by atoms with Crippen LogP contribution in [0.15, 0.2) is 494 Å². The predicted octanol–water partition coefficient (Wildman–Crippen LogP) is 33.1. The molecule has 10 heteroatoms. The Bertz CT molecular complexity index is 8810. The predicted molar refractivity (Wildman–Crippen MR) is 559 cm³/mol. The number of fused-ring (bicyclic) bond motifs is 12. The molecule has 26 aromatic rings. The van der Waals surface area contributed by atoms with Gasteiger partial charge in [-0.05, 0) is 205 Å². The Morgan fingerprint density at radius 1 is 0.140 bits per heavy atom. The summed E-state index contributed by atoms with van der Waals surface area (Å²) in [5.74, 6) is 3.56. The summed E-state index contributed by atoms with van der Waals surface area (Å²) >= 11 is 0. The Balaban J connectivity index is 0.000000145. The molecule has 0 aliphatic rings. The van der Waals surface area contributed by atoms with Crippen molar-refractivity contribution in [3.8, 4) is 169 Å². The van der Waals surface area contributed by atoms with Crippen LogP contribution in [0.3, 0.4) is 0 Å². The number of rotatable bonds is 16. The van der Waals surface area contributed by atoms with Gasteiger partial charge in [0.15, 0.2) is 34.9 Å². The van der Waals surface area contributed by atoms with Crippen LogP contribution in [0.5, 0.6) is 0 Å². The van der Waals surface area contributed by atoms with Gasteiger partial charge in [-0.25, -0.2) is 29.9 Å². The number of para-hydroxylation sites is 5. The SMILES string of the molecule is c1ccc(-c2cc(-c3ccccc3)cc(-c3ccc(-c4ccc5c(c4)oc4cc6c7ccccc7n(-c7ccccc7)c6cc45)c(-c4nc(-c5ccccc5)nc(-c5ccccc5)n4)c3)c2)cc1.c1ccc(-c2cc(-c3ccccc3)cc(-c3ccc(-c4cccc5c4oc4cc6c7ccccc7n(-c7ccccc7)c6cc45)c(-c4nc(-c5ccccc5)nc(-c5ccccc5)n4)c3)c2)cc1. The largest absolute Gasteiger partial charge is 0.456 e. The first-order valence-corrected chi connectivity index (χ1v) is 45.8. The molecular formula is C126H80N8O2. The van der Waals surface area contributed by atoms with Crippen LogP contribution in [-0.4, -0.2) is 39.0 Å². The number of furan rings is 2. The maximum Gasteiger partial charge on any atom is 0.164 e. The normalized spacial score (nSPS) is 11.5. The monoisotopic (exact) mass is 1740 g/mol. The molecule has 0 saturated carbocycles. The molecule has 0 radical (unpaired) electrons. The third kappa shape index (κ3) is 14.8. The van der Waals surface area contributed by atoms with Crippen LogP contribution in [0.1, 0.15) is 0 Å². The smallest absolute Gasteiger partial charge is 0.164 e. The van der Waals surface area contributed by atoms with E-state index in [0.717, 1.165) is 210 Å². The second-order valence-electron chi connectivity index (χ2n) is 34.4. The van der Waals surface area contributed by atoms with E-state index in [-0.39, 0.29) is 0 Å². The quantitative estimate of drug-likeness (QED) is 0.0940. The number of benzene rings is 20. The van der Waals surface area contributed by atoms with Crippen molar-refractivity contribution in [1.29, 1.82) is 0 Å². The number of nitrogens with zero attached hydrogens (tertiary/aromatic N) is 8. The minimum Gasteiger partial charge on any atom is -0.456 e. The molecule has 0 atom stereocenters. The number of aromatic nitrogens is 8. The molecule has 0 fully saturated rings. The Hall–Kier alpha value is -18.4. The molecule has 0 aliphatic carbocycles. The molecule has 0 unspecified atom stereocenters. The first-order valence-electron chi connectivity index (χ1n) is 45.8. The molecule has 6 heterocycles. The molecule has 0 N–H and O–H groups in total. The Morgan fingerprint density at radius 3 is 0.838 bits per heavy atom. The second kappa shape index (κ2) is 34.2. The van der Waals surface area contributed by atoms with Crippen LogP contribution in [0.25, 0.3) is 256 Å². The first-order chi connectivity index (χ1) is 67.4. The van der Waals surface area contributed by atoms with Crippen molar-refractivity contribution < 1.29 is 8.83 Å². The van der Waals surface area contributed by atoms with Gasteiger partial charge >= 0.3 is 0 Å². The van der Waals surface area contributed by atoms with Gasteiger partial charge in [0.25, 0.3) is 0 Å². The van der Waals surface area contributed by atoms with Crippen molar-refractivity contribution in [2.45, 2.75) is 0 Å². The molecule has 136 heavy (non-hydrogen) atoms. The fourth-order valence-corrected chi connectivity index (χ4v) is 19.5. The van der Waals surface area contributed by atoms with Crippen LogP contribution in [0, 0.1) is 0 Å². The van der Waals surface area contributed by atoms with Crippen molar-refractivity contribution in [2.75, 3.05) is 0 Å². The van der Waals surface area contributed by atoms with Gasteiger partial charge in [0.05, 0.1) is 22.1 Å². The highest BCUT2D eigenvalue weighted by Crippen LogP contribution is 2.48. The molecular weight excluding hydrogens is 1660 g/mol. The molecule has 0 aliphatic heterocycles. The zero-order chi connectivity index (χ0) is 89.9. The fourth-order valence-electron chi connectivity index (χ4n) is 19.5. The Morgan fingerprint density at radius 2 is 0.441 bits per heavy atom. The summed E-state index contributed by atoms with van der Waals surface area (Å²) in [6.45, 7) is 0. The maximum atomic E-state index is 7.07. The van der Waals surface area contributed by atoms with E-state index in [2.05, 4.69) is 422 Å². The molecule has 0 amide bonds. The highest BCUT2D eigenvalue weighted by Gasteiger charge is 2.26. The second-order valence-corrected chi connectivity index (χ2v) is 34.4. The van der Waals surface area contributed by atoms with Crippen molar-refractivity contribution in [1.82, 2.24) is 39.0 Å². The molecule has 20 aromatic carbocycles. The molecule has 26 rings (SSSR count). The summed E-state index contributed by atoms with van der Waals surface area (Å²) in [5, 5.41) is 8.87. The summed E-state index contributed by atoms with van der Waals surface area (Å²) < 4.78 is 18.6. The molecule has 10 nitrogen and oxygen atoms in total. The Labute approximate surface area is 784 Å². The molecule has 0 bridgehead atoms. The van der Waals surface area contributed by atoms with Gasteiger partial charge in [-0.3, -0.25) is 0 Å². The minimum atomic E-state index is 0.569. The van der Waals surface area contributed by atoms with Gasteiger partial charge < -0.3 is 18.0 Å². The van der Waals surface area contributed by atoms with Crippen LogP contribution in [0.2, 0.25) is 0 Å². The topological polar surface area (TPSA) is 113 Å². The van der Waals surface area contributed by atoms with Gasteiger partial charge in [0.1, 0.15) is 22.3 Å². The standard InChI is InChI=1S/2C63H40N4O/c1-6-19-41(20-7-1)46-35-47(42-21-8-2-9-22-42)37-48(36-46)45-33-34-50(56(38-45)63-65-61(43-23-10-3-11-24-43)64-62(66-63)44-25-12-4-13-26-44)52-30-18-31-53-55-39-58-54(40-59(55)68-60(52)53)51-29-16-17-32-57(51)67(58)49-27-14-5-15-28-49;1-6-18-41(19-7-1)47-34-48(42-20-8-2-9-21-42)36-49(35-47)45-30-32-51(56(37-45)63-65-61(43-22-10-3-11-23-43)64-62(66-63)44-24-12-4-13-25-44)46-31-33-53-55-39-58-54(40-60(55)68-59(53)38-46)52-28-16-17-29-57(52)67(58)50-26-14-5-15-27-50/h2*1-40H. The zero-order valence-corrected chi connectivity index (χ0v) is 73.6. The summed E-state index contributed by atoms with van der Waals surface area (Å²) in [5.41, 5.74) is 32.8. The van der Waals surface area contributed by atoms with E-state index in [0.29, 0.717) is 34.9 Å². The van der Waals surface area contributed by atoms with E-state index >= 15 is 0 Å². The summed E-state index contributed by atoms with van der Waals surface area (Å²) in [4.78, 5) is 31.3. The third-order valence-corrected chi connectivity index (χ3v) is 26.1. The fraction of sp³-hybridized carbons (Fsp3) is 0. The first kappa shape index (κ1) is 79.8. The number of hydrogen-bond acceptors (Lipinski definition) is 8. The zero-order valence-electron chi connectivity index (χ0n) is 73.6. The van der Waals surface area contributed by atoms with Gasteiger partial charge in [0, 0.05) is 93.4 Å². The van der Waals surface area contributed by atoms with Crippen molar-refractivity contribution in [3.63, 3.8) is 0 Å². The highest BCUT2D eigenvalue weighted by atomic mass is 16.3. The van der Waals surface area contributed by atoms with E-state index in [4.69, 9.17) is 38.7 Å². The van der Waals surface area contributed by atoms with Crippen LogP contribution in [-0.2, 0) is 0 Å². The van der Waals surface area contributed by atoms with Crippen LogP contribution < -0.4 is 0 Å². The van der Waals surface area contributed by atoms with Gasteiger partial charge in [-0.15, -0.1) is 0 Å². The van der Waals surface area contributed by atoms with Crippen LogP contribution in [0.4, 0.5) is 0 Å². The van der Waals surface area contributed by atoms with Crippen molar-refractivity contribution in [2.24, 2.45) is 0 Å². The summed E-state index contributed by atoms with van der Waals surface area (Å²) in [6.07, 6.45) is 0. The van der Waals surface area contributed by atoms with Crippen LogP contribution >= 0.6 is 0 Å². The average Bonchev–Trinajstić information content (AvgIpc) is 1.57. The summed E-state index contributed by atoms with van der Waals surface area (Å²) in [7, 11) is 0. The molecule has 636 valence electrons. The van der Waals surface area contributed by atoms with Gasteiger partial charge in [-0.1, -0.05) is 364 Å². The van der Waals surface area contributed by atoms with E-state index in [1.165, 1.54) is 10.8 Å². The lowest BCUT2D eigenvalue weighted by Gasteiger charge is -2.16. The van der Waals surface area contributed by atoms with Gasteiger partial charge in [0.2, 0.25) is 0 Å². The lowest BCUT2D eigenvalue weighted by Crippen LogP contribution is -2.01. The van der Waals surface area contributed by atoms with Gasteiger partial charge in [-0.2, -0.15) is 0 Å². The lowest BCUT2D eigenvalue weighted by atomic mass is 9.90. The Kier molecular flexibility index (Phi) is 20.0. The molecule has 0 spiro atoms. The van der Waals surface area contributed by atoms with E-state index in [1.54, 1.807) is 0 Å². The van der Waals surface area contributed by atoms with E-state index < -0.39 is 0 Å². The van der Waals surface area contributed by atoms with Crippen molar-refractivity contribution >= 4 is 87.5 Å².